The number of hydrogen-bond acceptors (Lipinski definition) is 2. The van der Waals surface area contributed by atoms with Crippen molar-refractivity contribution < 1.29 is 9.47 Å². The third-order valence-corrected chi connectivity index (χ3v) is 3.20. The maximum atomic E-state index is 5.23. The van der Waals surface area contributed by atoms with Crippen LogP contribution in [0.3, 0.4) is 0 Å². The van der Waals surface area contributed by atoms with Gasteiger partial charge in [-0.2, -0.15) is 0 Å². The van der Waals surface area contributed by atoms with E-state index < -0.39 is 0 Å². The van der Waals surface area contributed by atoms with Crippen molar-refractivity contribution in [2.75, 3.05) is 14.2 Å². The van der Waals surface area contributed by atoms with E-state index >= 15 is 0 Å². The normalized spacial score (nSPS) is 8.96. The van der Waals surface area contributed by atoms with Crippen molar-refractivity contribution in [1.29, 1.82) is 0 Å². The molecule has 2 nitrogen and oxygen atoms in total. The number of ether oxygens (including phenoxy) is 2. The van der Waals surface area contributed by atoms with Gasteiger partial charge in [-0.3, -0.25) is 0 Å². The van der Waals surface area contributed by atoms with Gasteiger partial charge in [0.15, 0.2) is 0 Å². The quantitative estimate of drug-likeness (QED) is 0.657. The van der Waals surface area contributed by atoms with E-state index in [4.69, 9.17) is 9.47 Å². The van der Waals surface area contributed by atoms with Crippen LogP contribution >= 0.6 is 0 Å². The molecule has 2 heteroatoms. The van der Waals surface area contributed by atoms with Crippen LogP contribution < -0.4 is 9.47 Å². The molecule has 0 N–H and O–H groups in total. The molecular formula is C21H32O2. The van der Waals surface area contributed by atoms with E-state index in [9.17, 15) is 0 Å². The van der Waals surface area contributed by atoms with Crippen LogP contribution in [0, 0.1) is 0 Å². The lowest BCUT2D eigenvalue weighted by Gasteiger charge is -2.06. The minimum atomic E-state index is 0.930. The van der Waals surface area contributed by atoms with Gasteiger partial charge < -0.3 is 9.47 Å². The van der Waals surface area contributed by atoms with Gasteiger partial charge in [-0.05, 0) is 54.7 Å². The molecule has 0 amide bonds. The molecule has 0 spiro atoms. The van der Waals surface area contributed by atoms with Crippen molar-refractivity contribution in [1.82, 2.24) is 0 Å². The molecule has 0 bridgehead atoms. The van der Waals surface area contributed by atoms with E-state index in [-0.39, 0.29) is 0 Å². The lowest BCUT2D eigenvalue weighted by atomic mass is 10.0. The van der Waals surface area contributed by atoms with Crippen molar-refractivity contribution in [3.05, 3.63) is 59.7 Å². The summed E-state index contributed by atoms with van der Waals surface area (Å²) in [5.41, 5.74) is 2.64. The summed E-state index contributed by atoms with van der Waals surface area (Å²) in [5, 5.41) is 0. The molecule has 0 atom stereocenters. The molecule has 0 saturated heterocycles. The van der Waals surface area contributed by atoms with E-state index in [0.717, 1.165) is 30.8 Å². The van der Waals surface area contributed by atoms with Gasteiger partial charge in [-0.15, -0.1) is 0 Å². The number of methoxy groups -OCH3 is 2. The predicted octanol–water partition coefficient (Wildman–Crippen LogP) is 5.93. The Bertz CT molecular complexity index is 473. The molecule has 0 radical (unpaired) electrons. The van der Waals surface area contributed by atoms with E-state index in [1.807, 2.05) is 52.0 Å². The van der Waals surface area contributed by atoms with Crippen LogP contribution in [-0.2, 0) is 12.8 Å². The minimum absolute atomic E-state index is 0.930. The highest BCUT2D eigenvalue weighted by Crippen LogP contribution is 2.17. The van der Waals surface area contributed by atoms with Crippen LogP contribution in [0.15, 0.2) is 48.5 Å². The fourth-order valence-electron chi connectivity index (χ4n) is 2.15. The first-order valence-electron chi connectivity index (χ1n) is 8.57. The molecule has 0 fully saturated rings. The molecule has 2 aromatic rings. The summed E-state index contributed by atoms with van der Waals surface area (Å²) in [4.78, 5) is 0. The lowest BCUT2D eigenvalue weighted by Crippen LogP contribution is -1.92. The molecule has 0 aliphatic carbocycles. The Morgan fingerprint density at radius 3 is 1.39 bits per heavy atom. The Kier molecular flexibility index (Phi) is 12.5. The monoisotopic (exact) mass is 316 g/mol. The van der Waals surface area contributed by atoms with Gasteiger partial charge in [0.1, 0.15) is 11.5 Å². The molecule has 23 heavy (non-hydrogen) atoms. The highest BCUT2D eigenvalue weighted by atomic mass is 16.5. The van der Waals surface area contributed by atoms with Gasteiger partial charge in [-0.25, -0.2) is 0 Å². The van der Waals surface area contributed by atoms with Gasteiger partial charge in [0.05, 0.1) is 14.2 Å². The highest BCUT2D eigenvalue weighted by molar-refractivity contribution is 5.30. The second kappa shape index (κ2) is 13.7. The summed E-state index contributed by atoms with van der Waals surface area (Å²) in [6, 6.07) is 16.5. The van der Waals surface area contributed by atoms with Crippen LogP contribution in [-0.4, -0.2) is 14.2 Å². The van der Waals surface area contributed by atoms with Gasteiger partial charge in [0.25, 0.3) is 0 Å². The van der Waals surface area contributed by atoms with Gasteiger partial charge in [-0.1, -0.05) is 52.0 Å². The van der Waals surface area contributed by atoms with E-state index in [2.05, 4.69) is 24.3 Å². The van der Waals surface area contributed by atoms with E-state index in [0.29, 0.717) is 0 Å². The molecule has 128 valence electrons. The zero-order valence-corrected chi connectivity index (χ0v) is 15.6. The van der Waals surface area contributed by atoms with Crippen molar-refractivity contribution in [2.24, 2.45) is 0 Å². The topological polar surface area (TPSA) is 18.5 Å². The molecule has 2 rings (SSSR count). The molecule has 2 aromatic carbocycles. The Morgan fingerprint density at radius 2 is 1.04 bits per heavy atom. The predicted molar refractivity (Wildman–Crippen MR) is 101 cm³/mol. The summed E-state index contributed by atoms with van der Waals surface area (Å²) in [5.74, 6) is 1.86. The van der Waals surface area contributed by atoms with Crippen LogP contribution in [0.25, 0.3) is 0 Å². The first kappa shape index (κ1) is 21.0. The molecule has 0 aliphatic heterocycles. The smallest absolute Gasteiger partial charge is 0.119 e. The van der Waals surface area contributed by atoms with Gasteiger partial charge >= 0.3 is 0 Å². The summed E-state index contributed by atoms with van der Waals surface area (Å²) >= 11 is 0. The Hall–Kier alpha value is -1.96. The Balaban J connectivity index is 0.00000112. The van der Waals surface area contributed by atoms with Crippen LogP contribution in [0.1, 0.15) is 45.2 Å². The number of hydrogen-bond donors (Lipinski definition) is 0. The number of rotatable bonds is 6. The average molecular weight is 316 g/mol. The van der Waals surface area contributed by atoms with Gasteiger partial charge in [0.2, 0.25) is 0 Å². The zero-order chi connectivity index (χ0) is 17.5. The number of benzene rings is 2. The molecule has 0 heterocycles. The van der Waals surface area contributed by atoms with Crippen LogP contribution in [0.4, 0.5) is 0 Å². The molecule has 0 unspecified atom stereocenters. The molecule has 0 saturated carbocycles. The third kappa shape index (κ3) is 8.29. The first-order chi connectivity index (χ1) is 11.3. The largest absolute Gasteiger partial charge is 0.497 e. The highest BCUT2D eigenvalue weighted by Gasteiger charge is 1.99. The fraction of sp³-hybridized carbons (Fsp3) is 0.429. The summed E-state index contributed by atoms with van der Waals surface area (Å²) in [6.07, 6.45) is 3.25. The SMILES string of the molecule is CC.CC.COc1cccc(CCCc2cccc(OC)c2)c1. The summed E-state index contributed by atoms with van der Waals surface area (Å²) in [6.45, 7) is 8.00. The second-order valence-electron chi connectivity index (χ2n) is 4.56. The first-order valence-corrected chi connectivity index (χ1v) is 8.57. The molecular weight excluding hydrogens is 284 g/mol. The van der Waals surface area contributed by atoms with Crippen LogP contribution in [0.2, 0.25) is 0 Å². The Morgan fingerprint density at radius 1 is 0.652 bits per heavy atom. The molecule has 0 aliphatic rings. The third-order valence-electron chi connectivity index (χ3n) is 3.20. The van der Waals surface area contributed by atoms with Crippen molar-refractivity contribution >= 4 is 0 Å². The lowest BCUT2D eigenvalue weighted by molar-refractivity contribution is 0.414. The Labute approximate surface area is 142 Å². The van der Waals surface area contributed by atoms with Crippen molar-refractivity contribution in [3.8, 4) is 11.5 Å². The van der Waals surface area contributed by atoms with Crippen molar-refractivity contribution in [3.63, 3.8) is 0 Å². The van der Waals surface area contributed by atoms with Crippen LogP contribution in [0.5, 0.6) is 11.5 Å². The standard InChI is InChI=1S/C17H20O2.2C2H6/c1-18-16-10-4-8-14(12-16)6-3-7-15-9-5-11-17(13-15)19-2;2*1-2/h4-5,8-13H,3,6-7H2,1-2H3;2*1-2H3. The second-order valence-corrected chi connectivity index (χ2v) is 4.56. The maximum Gasteiger partial charge on any atom is 0.119 e. The van der Waals surface area contributed by atoms with Crippen molar-refractivity contribution in [2.45, 2.75) is 47.0 Å². The molecule has 0 aromatic heterocycles. The zero-order valence-electron chi connectivity index (χ0n) is 15.6. The van der Waals surface area contributed by atoms with E-state index in [1.165, 1.54) is 11.1 Å². The summed E-state index contributed by atoms with van der Waals surface area (Å²) < 4.78 is 10.5. The maximum absolute atomic E-state index is 5.23. The van der Waals surface area contributed by atoms with E-state index in [1.54, 1.807) is 14.2 Å². The minimum Gasteiger partial charge on any atom is -0.497 e. The number of aryl methyl sites for hydroxylation is 2. The fourth-order valence-corrected chi connectivity index (χ4v) is 2.15. The summed E-state index contributed by atoms with van der Waals surface area (Å²) in [7, 11) is 3.41. The van der Waals surface area contributed by atoms with Gasteiger partial charge in [0, 0.05) is 0 Å². The average Bonchev–Trinajstić information content (AvgIpc) is 2.65.